The lowest BCUT2D eigenvalue weighted by Gasteiger charge is -2.16. The molecule has 6 rings (SSSR count). The second-order valence-electron chi connectivity index (χ2n) is 7.63. The molecule has 1 fully saturated rings. The van der Waals surface area contributed by atoms with E-state index >= 15 is 0 Å². The molecule has 0 bridgehead atoms. The topological polar surface area (TPSA) is 43.1 Å². The largest absolute Gasteiger partial charge is 0.287 e. The molecule has 3 aromatic heterocycles. The van der Waals surface area contributed by atoms with Crippen molar-refractivity contribution in [2.75, 3.05) is 0 Å². The lowest BCUT2D eigenvalue weighted by Crippen LogP contribution is -2.12. The molecule has 0 aliphatic heterocycles. The molecule has 140 valence electrons. The Kier molecular flexibility index (Phi) is 3.36. The van der Waals surface area contributed by atoms with Gasteiger partial charge >= 0.3 is 0 Å². The van der Waals surface area contributed by atoms with E-state index in [-0.39, 0.29) is 11.2 Å². The van der Waals surface area contributed by atoms with Crippen LogP contribution in [0.25, 0.3) is 27.8 Å². The van der Waals surface area contributed by atoms with E-state index in [1.807, 2.05) is 35.1 Å². The Hall–Kier alpha value is -3.60. The third-order valence-electron chi connectivity index (χ3n) is 5.95. The van der Waals surface area contributed by atoms with Gasteiger partial charge in [0.2, 0.25) is 5.78 Å². The standard InChI is InChI=1S/C24H17FN4/c25-20-6-2-1-5-19(20)17-13-27-23-28-14-22(29(23)15-17)24(9-10-24)18-7-8-21-16(12-18)4-3-11-26-21/h1-8,11-15H,9-10H2. The second kappa shape index (κ2) is 5.95. The molecule has 29 heavy (non-hydrogen) atoms. The maximum Gasteiger partial charge on any atom is 0.233 e. The SMILES string of the molecule is Fc1ccccc1-c1cnc2ncc(C3(c4ccc5ncccc5c4)CC3)n2c1. The maximum atomic E-state index is 14.3. The van der Waals surface area contributed by atoms with Crippen LogP contribution in [0.2, 0.25) is 0 Å². The predicted molar refractivity (Wildman–Crippen MR) is 110 cm³/mol. The van der Waals surface area contributed by atoms with Gasteiger partial charge in [-0.3, -0.25) is 9.38 Å². The van der Waals surface area contributed by atoms with Crippen LogP contribution in [-0.4, -0.2) is 19.4 Å². The number of rotatable bonds is 3. The van der Waals surface area contributed by atoms with Crippen molar-refractivity contribution in [1.82, 2.24) is 19.4 Å². The highest BCUT2D eigenvalue weighted by Crippen LogP contribution is 2.53. The molecule has 0 atom stereocenters. The normalized spacial score (nSPS) is 15.1. The lowest BCUT2D eigenvalue weighted by atomic mass is 9.91. The number of fused-ring (bicyclic) bond motifs is 2. The van der Waals surface area contributed by atoms with Crippen molar-refractivity contribution in [2.45, 2.75) is 18.3 Å². The Morgan fingerprint density at radius 1 is 0.897 bits per heavy atom. The zero-order valence-electron chi connectivity index (χ0n) is 15.6. The summed E-state index contributed by atoms with van der Waals surface area (Å²) >= 11 is 0. The molecule has 4 nitrogen and oxygen atoms in total. The highest BCUT2D eigenvalue weighted by molar-refractivity contribution is 5.79. The van der Waals surface area contributed by atoms with E-state index in [9.17, 15) is 4.39 Å². The minimum atomic E-state index is -0.251. The van der Waals surface area contributed by atoms with Gasteiger partial charge in [-0.25, -0.2) is 14.4 Å². The van der Waals surface area contributed by atoms with E-state index < -0.39 is 0 Å². The summed E-state index contributed by atoms with van der Waals surface area (Å²) in [4.78, 5) is 13.4. The van der Waals surface area contributed by atoms with Crippen LogP contribution < -0.4 is 0 Å². The van der Waals surface area contributed by atoms with E-state index in [1.54, 1.807) is 18.3 Å². The molecule has 5 aromatic rings. The molecule has 5 heteroatoms. The van der Waals surface area contributed by atoms with E-state index in [0.717, 1.165) is 35.0 Å². The first kappa shape index (κ1) is 16.4. The first-order valence-corrected chi connectivity index (χ1v) is 9.68. The predicted octanol–water partition coefficient (Wildman–Crippen LogP) is 5.16. The van der Waals surface area contributed by atoms with Gasteiger partial charge in [-0.15, -0.1) is 0 Å². The lowest BCUT2D eigenvalue weighted by molar-refractivity contribution is 0.631. The molecule has 0 N–H and O–H groups in total. The Balaban J connectivity index is 1.51. The summed E-state index contributed by atoms with van der Waals surface area (Å²) in [5, 5.41) is 1.13. The van der Waals surface area contributed by atoms with Crippen LogP contribution in [0.15, 0.2) is 79.4 Å². The molecule has 1 aliphatic rings. The van der Waals surface area contributed by atoms with Gasteiger partial charge in [-0.05, 0) is 42.7 Å². The maximum absolute atomic E-state index is 14.3. The van der Waals surface area contributed by atoms with Crippen LogP contribution in [-0.2, 0) is 5.41 Å². The first-order chi connectivity index (χ1) is 14.2. The number of pyridine rings is 1. The van der Waals surface area contributed by atoms with Gasteiger partial charge in [0.1, 0.15) is 5.82 Å². The highest BCUT2D eigenvalue weighted by atomic mass is 19.1. The van der Waals surface area contributed by atoms with Gasteiger partial charge in [0.15, 0.2) is 0 Å². The zero-order valence-corrected chi connectivity index (χ0v) is 15.6. The second-order valence-corrected chi connectivity index (χ2v) is 7.63. The van der Waals surface area contributed by atoms with Gasteiger partial charge in [0, 0.05) is 40.5 Å². The summed E-state index contributed by atoms with van der Waals surface area (Å²) in [5.41, 5.74) is 4.56. The number of halogens is 1. The van der Waals surface area contributed by atoms with E-state index in [0.29, 0.717) is 11.3 Å². The average molecular weight is 380 g/mol. The van der Waals surface area contributed by atoms with Gasteiger partial charge in [-0.2, -0.15) is 0 Å². The smallest absolute Gasteiger partial charge is 0.233 e. The summed E-state index contributed by atoms with van der Waals surface area (Å²) in [6.07, 6.45) is 9.47. The van der Waals surface area contributed by atoms with E-state index in [4.69, 9.17) is 0 Å². The van der Waals surface area contributed by atoms with Gasteiger partial charge in [0.05, 0.1) is 17.4 Å². The molecule has 0 unspecified atom stereocenters. The molecular weight excluding hydrogens is 363 g/mol. The van der Waals surface area contributed by atoms with E-state index in [2.05, 4.69) is 39.2 Å². The molecule has 0 radical (unpaired) electrons. The monoisotopic (exact) mass is 380 g/mol. The fraction of sp³-hybridized carbons (Fsp3) is 0.125. The fourth-order valence-corrected chi connectivity index (χ4v) is 4.25. The summed E-state index contributed by atoms with van der Waals surface area (Å²) in [6.45, 7) is 0. The van der Waals surface area contributed by atoms with E-state index in [1.165, 1.54) is 11.6 Å². The van der Waals surface area contributed by atoms with Crippen LogP contribution in [0, 0.1) is 5.82 Å². The quantitative estimate of drug-likeness (QED) is 0.434. The van der Waals surface area contributed by atoms with Crippen LogP contribution in [0.1, 0.15) is 24.1 Å². The van der Waals surface area contributed by atoms with Crippen molar-refractivity contribution in [3.05, 3.63) is 96.5 Å². The fourth-order valence-electron chi connectivity index (χ4n) is 4.25. The van der Waals surface area contributed by atoms with Crippen molar-refractivity contribution < 1.29 is 4.39 Å². The van der Waals surface area contributed by atoms with Crippen LogP contribution in [0.5, 0.6) is 0 Å². The average Bonchev–Trinajstić information content (AvgIpc) is 3.46. The van der Waals surface area contributed by atoms with Crippen molar-refractivity contribution >= 4 is 16.7 Å². The van der Waals surface area contributed by atoms with Crippen molar-refractivity contribution in [1.29, 1.82) is 0 Å². The van der Waals surface area contributed by atoms with Crippen molar-refractivity contribution in [3.63, 3.8) is 0 Å². The van der Waals surface area contributed by atoms with Crippen molar-refractivity contribution in [2.24, 2.45) is 0 Å². The number of imidazole rings is 1. The molecule has 3 heterocycles. The summed E-state index contributed by atoms with van der Waals surface area (Å²) < 4.78 is 16.3. The summed E-state index contributed by atoms with van der Waals surface area (Å²) in [5.74, 6) is 0.382. The number of aromatic nitrogens is 4. The van der Waals surface area contributed by atoms with Crippen LogP contribution >= 0.6 is 0 Å². The Bertz CT molecular complexity index is 1380. The number of benzene rings is 2. The minimum Gasteiger partial charge on any atom is -0.287 e. The third-order valence-corrected chi connectivity index (χ3v) is 5.95. The number of hydrogen-bond acceptors (Lipinski definition) is 3. The molecule has 0 saturated heterocycles. The Morgan fingerprint density at radius 3 is 2.62 bits per heavy atom. The number of nitrogens with zero attached hydrogens (tertiary/aromatic N) is 4. The highest BCUT2D eigenvalue weighted by Gasteiger charge is 2.48. The van der Waals surface area contributed by atoms with Crippen LogP contribution in [0.4, 0.5) is 4.39 Å². The van der Waals surface area contributed by atoms with Gasteiger partial charge < -0.3 is 0 Å². The Morgan fingerprint density at radius 2 is 1.76 bits per heavy atom. The third kappa shape index (κ3) is 2.47. The summed E-state index contributed by atoms with van der Waals surface area (Å²) in [7, 11) is 0. The summed E-state index contributed by atoms with van der Waals surface area (Å²) in [6, 6.07) is 17.3. The Labute approximate surface area is 166 Å². The minimum absolute atomic E-state index is 0.0843. The van der Waals surface area contributed by atoms with Crippen LogP contribution in [0.3, 0.4) is 0 Å². The number of hydrogen-bond donors (Lipinski definition) is 0. The molecule has 1 aliphatic carbocycles. The molecule has 1 saturated carbocycles. The molecule has 0 spiro atoms. The van der Waals surface area contributed by atoms with Gasteiger partial charge in [-0.1, -0.05) is 30.3 Å². The van der Waals surface area contributed by atoms with Gasteiger partial charge in [0.25, 0.3) is 0 Å². The molecule has 0 amide bonds. The zero-order chi connectivity index (χ0) is 19.4. The first-order valence-electron chi connectivity index (χ1n) is 9.68. The van der Waals surface area contributed by atoms with Crippen molar-refractivity contribution in [3.8, 4) is 11.1 Å². The molecular formula is C24H17FN4. The molecule has 2 aromatic carbocycles.